The number of aromatic nitrogens is 5. The van der Waals surface area contributed by atoms with E-state index in [0.717, 1.165) is 97.6 Å². The summed E-state index contributed by atoms with van der Waals surface area (Å²) in [4.78, 5) is 4.93. The molecule has 0 spiro atoms. The number of hydrogen-bond acceptors (Lipinski definition) is 2. The molecule has 0 saturated carbocycles. The number of nitrogens with zero attached hydrogens (tertiary/aromatic N) is 5. The van der Waals surface area contributed by atoms with Gasteiger partial charge in [-0.1, -0.05) is 57.0 Å². The summed E-state index contributed by atoms with van der Waals surface area (Å²) < 4.78 is 60.0. The molecule has 14 rings (SSSR count). The van der Waals surface area contributed by atoms with Crippen molar-refractivity contribution >= 4 is 60.2 Å². The first-order valence-electron chi connectivity index (χ1n) is 28.0. The summed E-state index contributed by atoms with van der Waals surface area (Å²) in [7, 11) is 0. The minimum atomic E-state index is -0.434. The Morgan fingerprint density at radius 2 is 1.09 bits per heavy atom. The normalized spacial score (nSPS) is 12.8. The number of hydrogen-bond donors (Lipinski definition) is 0. The monoisotopic (exact) mass is 1180 g/mol. The molecule has 0 amide bonds. The van der Waals surface area contributed by atoms with E-state index in [2.05, 4.69) is 228 Å². The van der Waals surface area contributed by atoms with Gasteiger partial charge in [0.2, 0.25) is 0 Å². The average Bonchev–Trinajstić information content (AvgIpc) is 2.95. The molecule has 0 saturated heterocycles. The molecule has 0 radical (unpaired) electrons. The number of ether oxygens (including phenoxy) is 1. The van der Waals surface area contributed by atoms with Gasteiger partial charge in [0.15, 0.2) is 0 Å². The molecule has 0 bridgehead atoms. The first-order chi connectivity index (χ1) is 39.8. The minimum absolute atomic E-state index is 0.134. The van der Waals surface area contributed by atoms with Crippen LogP contribution in [0.4, 0.5) is 0 Å². The molecule has 7 heteroatoms. The second-order valence-electron chi connectivity index (χ2n) is 20.2. The molecule has 0 N–H and O–H groups in total. The van der Waals surface area contributed by atoms with Crippen molar-refractivity contribution in [2.75, 3.05) is 0 Å². The number of pyridine rings is 1. The SMILES string of the molecule is [2H]c1c([2H])c([2H])c(-c2ccc3c(c2)c2ccc(Oc4[c-]c5c(cc4)n(-c4ccccc4)c4ccccc4c4cccc6c4n5[c](=[Pt])n6-c4c(-c5ccccc5)cccc4-c4ccccc4)[c-]c2n3-c2cc(C(C)(C)C)ccn2)c([2H])c1[2H]. The van der Waals surface area contributed by atoms with Crippen LogP contribution in [-0.4, -0.2) is 23.1 Å². The molecule has 6 nitrogen and oxygen atoms in total. The molecule has 14 aromatic rings. The Balaban J connectivity index is 1.04. The fourth-order valence-electron chi connectivity index (χ4n) is 11.0. The van der Waals surface area contributed by atoms with Crippen LogP contribution in [-0.2, 0) is 24.8 Å². The summed E-state index contributed by atoms with van der Waals surface area (Å²) in [6, 6.07) is 77.0. The van der Waals surface area contributed by atoms with E-state index in [9.17, 15) is 0 Å². The summed E-state index contributed by atoms with van der Waals surface area (Å²) in [6.07, 6.45) is 1.82. The number of rotatable bonds is 8. The molecule has 0 fully saturated rings. The maximum atomic E-state index is 8.85. The van der Waals surface area contributed by atoms with Crippen LogP contribution in [0, 0.1) is 15.9 Å². The van der Waals surface area contributed by atoms with Gasteiger partial charge in [0.1, 0.15) is 0 Å². The van der Waals surface area contributed by atoms with Gasteiger partial charge in [-0.05, 0) is 28.2 Å². The van der Waals surface area contributed by atoms with Crippen LogP contribution in [0.15, 0.2) is 243 Å². The van der Waals surface area contributed by atoms with Gasteiger partial charge in [0.25, 0.3) is 0 Å². The summed E-state index contributed by atoms with van der Waals surface area (Å²) in [5, 5.41) is 3.74. The van der Waals surface area contributed by atoms with Crippen molar-refractivity contribution in [2.24, 2.45) is 0 Å². The Labute approximate surface area is 464 Å². The summed E-state index contributed by atoms with van der Waals surface area (Å²) in [5.41, 5.74) is 14.1. The van der Waals surface area contributed by atoms with E-state index in [1.165, 1.54) is 0 Å². The molecule has 10 aromatic carbocycles. The zero-order valence-electron chi connectivity index (χ0n) is 47.2. The summed E-state index contributed by atoms with van der Waals surface area (Å²) >= 11 is 2.51. The van der Waals surface area contributed by atoms with Crippen molar-refractivity contribution in [1.82, 2.24) is 23.1 Å². The van der Waals surface area contributed by atoms with Gasteiger partial charge in [-0.15, -0.1) is 0 Å². The third kappa shape index (κ3) is 7.90. The van der Waals surface area contributed by atoms with Crippen molar-refractivity contribution in [2.45, 2.75) is 26.2 Å². The van der Waals surface area contributed by atoms with Crippen LogP contribution in [0.25, 0.3) is 111 Å². The Morgan fingerprint density at radius 1 is 0.481 bits per heavy atom. The molecular formula is C70H49N5OPt-2. The van der Waals surface area contributed by atoms with Gasteiger partial charge in [0, 0.05) is 6.20 Å². The second kappa shape index (κ2) is 18.6. The molecule has 372 valence electrons. The van der Waals surface area contributed by atoms with Crippen LogP contribution < -0.4 is 4.74 Å². The Hall–Kier alpha value is -9.09. The van der Waals surface area contributed by atoms with Gasteiger partial charge < -0.3 is 0 Å². The smallest absolute Gasteiger partial charge is 0.0617 e. The minimum Gasteiger partial charge on any atom is -0.0617 e. The van der Waals surface area contributed by atoms with Crippen LogP contribution in [0.2, 0.25) is 0 Å². The number of imidazole rings is 1. The molecular weight excluding hydrogens is 1120 g/mol. The molecule has 4 aromatic heterocycles. The zero-order chi connectivity index (χ0) is 56.1. The number of benzene rings is 10. The number of fused-ring (bicyclic) bond motifs is 7. The Morgan fingerprint density at radius 3 is 1.82 bits per heavy atom. The van der Waals surface area contributed by atoms with E-state index >= 15 is 0 Å². The van der Waals surface area contributed by atoms with Crippen molar-refractivity contribution in [3.8, 4) is 62.1 Å². The van der Waals surface area contributed by atoms with Crippen LogP contribution in [0.5, 0.6) is 11.5 Å². The van der Waals surface area contributed by atoms with Crippen molar-refractivity contribution in [1.29, 1.82) is 0 Å². The molecule has 0 aliphatic rings. The van der Waals surface area contributed by atoms with Gasteiger partial charge >= 0.3 is 368 Å². The molecule has 0 aliphatic carbocycles. The third-order valence-corrected chi connectivity index (χ3v) is 15.6. The van der Waals surface area contributed by atoms with E-state index in [-0.39, 0.29) is 35.1 Å². The fourth-order valence-corrected chi connectivity index (χ4v) is 12.0. The molecule has 4 heterocycles. The van der Waals surface area contributed by atoms with Crippen LogP contribution in [0.3, 0.4) is 0 Å². The van der Waals surface area contributed by atoms with Gasteiger partial charge in [-0.2, -0.15) is 0 Å². The first kappa shape index (κ1) is 41.2. The Bertz CT molecular complexity index is 4940. The van der Waals surface area contributed by atoms with Crippen LogP contribution >= 0.6 is 0 Å². The fraction of sp³-hybridized carbons (Fsp3) is 0.0571. The van der Waals surface area contributed by atoms with Crippen molar-refractivity contribution in [3.05, 3.63) is 264 Å². The van der Waals surface area contributed by atoms with Gasteiger partial charge in [0.05, 0.1) is 6.85 Å². The topological polar surface area (TPSA) is 41.3 Å². The van der Waals surface area contributed by atoms with E-state index in [1.54, 1.807) is 0 Å². The van der Waals surface area contributed by atoms with E-state index in [4.69, 9.17) is 16.6 Å². The van der Waals surface area contributed by atoms with Crippen LogP contribution in [0.1, 0.15) is 33.2 Å². The predicted octanol–water partition coefficient (Wildman–Crippen LogP) is 17.8. The van der Waals surface area contributed by atoms with E-state index in [1.807, 2.05) is 54.7 Å². The quantitative estimate of drug-likeness (QED) is 0.142. The maximum absolute atomic E-state index is 8.85. The summed E-state index contributed by atoms with van der Waals surface area (Å²) in [5.74, 6) is 1.58. The van der Waals surface area contributed by atoms with Crippen molar-refractivity contribution in [3.63, 3.8) is 0 Å². The molecule has 77 heavy (non-hydrogen) atoms. The van der Waals surface area contributed by atoms with E-state index < -0.39 is 6.04 Å². The molecule has 0 atom stereocenters. The third-order valence-electron chi connectivity index (χ3n) is 14.5. The Kier molecular flexibility index (Phi) is 9.97. The first-order valence-corrected chi connectivity index (χ1v) is 26.7. The number of para-hydroxylation sites is 4. The van der Waals surface area contributed by atoms with E-state index in [0.29, 0.717) is 28.4 Å². The zero-order valence-corrected chi connectivity index (χ0v) is 44.4. The summed E-state index contributed by atoms with van der Waals surface area (Å²) in [6.45, 7) is 6.51. The predicted molar refractivity (Wildman–Crippen MR) is 312 cm³/mol. The standard InChI is InChI=1S/C70H49N5O.Pt/c1-70(2,3)51-40-41-71-67(43-51)75-62-38-34-50(47-20-8-4-9-21-47)42-60(62)58-37-35-53(44-65(58)75)76-54-36-39-63-66(45-54)73-46-72(68-55(48-22-10-5-11-23-48)29-18-30-56(68)49-24-12-6-13-25-49)64-33-19-31-59(69(64)73)57-28-16-17-32-61(57)74(63)52-26-14-7-15-27-52;/h4-43H,1-3H3;/q-2;/i4D,8D,9D,20D,21D;. The van der Waals surface area contributed by atoms with Gasteiger partial charge in [-0.3, -0.25) is 0 Å². The molecule has 0 unspecified atom stereocenters. The van der Waals surface area contributed by atoms with Crippen molar-refractivity contribution < 1.29 is 30.9 Å². The van der Waals surface area contributed by atoms with Gasteiger partial charge in [-0.25, -0.2) is 0 Å². The second-order valence-corrected chi connectivity index (χ2v) is 21.2. The molecule has 0 aliphatic heterocycles. The average molecular weight is 1180 g/mol.